The van der Waals surface area contributed by atoms with Gasteiger partial charge in [-0.1, -0.05) is 61.8 Å². The van der Waals surface area contributed by atoms with Crippen molar-refractivity contribution in [3.05, 3.63) is 70.2 Å². The van der Waals surface area contributed by atoms with Gasteiger partial charge in [-0.25, -0.2) is 0 Å². The normalized spacial score (nSPS) is 19.8. The number of halogens is 1. The average Bonchev–Trinajstić information content (AvgIpc) is 2.58. The molecule has 1 atom stereocenters. The first kappa shape index (κ1) is 17.5. The third kappa shape index (κ3) is 4.00. The van der Waals surface area contributed by atoms with Gasteiger partial charge in [-0.15, -0.1) is 0 Å². The number of rotatable bonds is 4. The molecule has 0 radical (unpaired) electrons. The molecule has 1 unspecified atom stereocenters. The number of nitrogens with zero attached hydrogens (tertiary/aromatic N) is 2. The van der Waals surface area contributed by atoms with Crippen LogP contribution in [0.25, 0.3) is 0 Å². The van der Waals surface area contributed by atoms with Crippen LogP contribution in [0.2, 0.25) is 5.02 Å². The van der Waals surface area contributed by atoms with E-state index in [0.717, 1.165) is 31.2 Å². The van der Waals surface area contributed by atoms with E-state index in [2.05, 4.69) is 67.1 Å². The standard InChI is InChI=1S/C21H27ClN2/c1-16(2)19-6-4-5-7-20(19)21-15-24(13-12-23(21)3)14-17-8-10-18(22)11-9-17/h4-11,16,21H,12-15H2,1-3H3. The van der Waals surface area contributed by atoms with Gasteiger partial charge in [0.15, 0.2) is 0 Å². The molecule has 3 heteroatoms. The van der Waals surface area contributed by atoms with E-state index >= 15 is 0 Å². The van der Waals surface area contributed by atoms with Gasteiger partial charge < -0.3 is 0 Å². The molecule has 1 aliphatic rings. The second-order valence-electron chi connectivity index (χ2n) is 7.14. The van der Waals surface area contributed by atoms with Crippen molar-refractivity contribution in [2.45, 2.75) is 32.4 Å². The van der Waals surface area contributed by atoms with Gasteiger partial charge in [-0.3, -0.25) is 9.80 Å². The van der Waals surface area contributed by atoms with Crippen LogP contribution >= 0.6 is 11.6 Å². The molecule has 24 heavy (non-hydrogen) atoms. The van der Waals surface area contributed by atoms with Gasteiger partial charge in [-0.2, -0.15) is 0 Å². The number of benzene rings is 2. The maximum atomic E-state index is 6.00. The molecule has 2 nitrogen and oxygen atoms in total. The van der Waals surface area contributed by atoms with Gasteiger partial charge in [-0.05, 0) is 41.8 Å². The average molecular weight is 343 g/mol. The molecule has 0 N–H and O–H groups in total. The van der Waals surface area contributed by atoms with E-state index in [-0.39, 0.29) is 0 Å². The number of likely N-dealkylation sites (N-methyl/N-ethyl adjacent to an activating group) is 1. The minimum Gasteiger partial charge on any atom is -0.297 e. The molecule has 3 rings (SSSR count). The predicted molar refractivity (Wildman–Crippen MR) is 103 cm³/mol. The summed E-state index contributed by atoms with van der Waals surface area (Å²) in [4.78, 5) is 5.06. The van der Waals surface area contributed by atoms with E-state index in [1.165, 1.54) is 16.7 Å². The molecule has 2 aromatic rings. The van der Waals surface area contributed by atoms with E-state index in [1.54, 1.807) is 0 Å². The molecular weight excluding hydrogens is 316 g/mol. The smallest absolute Gasteiger partial charge is 0.0475 e. The maximum absolute atomic E-state index is 6.00. The Morgan fingerprint density at radius 1 is 1.04 bits per heavy atom. The second kappa shape index (κ2) is 7.69. The molecule has 1 aliphatic heterocycles. The van der Waals surface area contributed by atoms with Crippen LogP contribution in [0.5, 0.6) is 0 Å². The molecule has 1 fully saturated rings. The monoisotopic (exact) mass is 342 g/mol. The Morgan fingerprint density at radius 2 is 1.75 bits per heavy atom. The van der Waals surface area contributed by atoms with E-state index in [9.17, 15) is 0 Å². The molecule has 128 valence electrons. The molecule has 0 aliphatic carbocycles. The molecule has 2 aromatic carbocycles. The summed E-state index contributed by atoms with van der Waals surface area (Å²) in [7, 11) is 2.25. The van der Waals surface area contributed by atoms with Gasteiger partial charge >= 0.3 is 0 Å². The van der Waals surface area contributed by atoms with E-state index < -0.39 is 0 Å². The molecule has 0 saturated carbocycles. The lowest BCUT2D eigenvalue weighted by Crippen LogP contribution is -2.46. The Bertz CT molecular complexity index is 666. The van der Waals surface area contributed by atoms with Crippen LogP contribution in [0.4, 0.5) is 0 Å². The third-order valence-electron chi connectivity index (χ3n) is 5.03. The number of hydrogen-bond acceptors (Lipinski definition) is 2. The third-order valence-corrected chi connectivity index (χ3v) is 5.28. The number of piperazine rings is 1. The fraction of sp³-hybridized carbons (Fsp3) is 0.429. The topological polar surface area (TPSA) is 6.48 Å². The Morgan fingerprint density at radius 3 is 2.46 bits per heavy atom. The maximum Gasteiger partial charge on any atom is 0.0475 e. The van der Waals surface area contributed by atoms with Crippen molar-refractivity contribution in [2.24, 2.45) is 0 Å². The van der Waals surface area contributed by atoms with E-state index in [1.807, 2.05) is 12.1 Å². The highest BCUT2D eigenvalue weighted by Gasteiger charge is 2.27. The van der Waals surface area contributed by atoms with Crippen LogP contribution in [0, 0.1) is 0 Å². The Balaban J connectivity index is 1.77. The van der Waals surface area contributed by atoms with Crippen molar-refractivity contribution in [2.75, 3.05) is 26.7 Å². The quantitative estimate of drug-likeness (QED) is 0.775. The van der Waals surface area contributed by atoms with Gasteiger partial charge in [0, 0.05) is 37.2 Å². The summed E-state index contributed by atoms with van der Waals surface area (Å²) >= 11 is 6.00. The number of hydrogen-bond donors (Lipinski definition) is 0. The molecule has 0 spiro atoms. The van der Waals surface area contributed by atoms with Crippen LogP contribution in [0.3, 0.4) is 0 Å². The molecule has 1 saturated heterocycles. The Hall–Kier alpha value is -1.35. The van der Waals surface area contributed by atoms with E-state index in [4.69, 9.17) is 11.6 Å². The highest BCUT2D eigenvalue weighted by atomic mass is 35.5. The predicted octanol–water partition coefficient (Wildman–Crippen LogP) is 4.95. The summed E-state index contributed by atoms with van der Waals surface area (Å²) in [5.41, 5.74) is 4.29. The summed E-state index contributed by atoms with van der Waals surface area (Å²) in [6.45, 7) is 8.85. The molecular formula is C21H27ClN2. The highest BCUT2D eigenvalue weighted by Crippen LogP contribution is 2.31. The molecule has 0 amide bonds. The van der Waals surface area contributed by atoms with Crippen LogP contribution in [-0.4, -0.2) is 36.5 Å². The van der Waals surface area contributed by atoms with Crippen molar-refractivity contribution in [1.29, 1.82) is 0 Å². The van der Waals surface area contributed by atoms with Crippen LogP contribution < -0.4 is 0 Å². The molecule has 1 heterocycles. The SMILES string of the molecule is CC(C)c1ccccc1C1CN(Cc2ccc(Cl)cc2)CCN1C. The van der Waals surface area contributed by atoms with E-state index in [0.29, 0.717) is 12.0 Å². The van der Waals surface area contributed by atoms with Crippen molar-refractivity contribution in [3.63, 3.8) is 0 Å². The first-order valence-corrected chi connectivity index (χ1v) is 9.18. The fourth-order valence-electron chi connectivity index (χ4n) is 3.60. The van der Waals surface area contributed by atoms with Gasteiger partial charge in [0.1, 0.15) is 0 Å². The minimum atomic E-state index is 0.463. The lowest BCUT2D eigenvalue weighted by Gasteiger charge is -2.40. The largest absolute Gasteiger partial charge is 0.297 e. The summed E-state index contributed by atoms with van der Waals surface area (Å²) in [6.07, 6.45) is 0. The van der Waals surface area contributed by atoms with Crippen molar-refractivity contribution in [3.8, 4) is 0 Å². The summed E-state index contributed by atoms with van der Waals surface area (Å²) in [5.74, 6) is 0.557. The van der Waals surface area contributed by atoms with Crippen LogP contribution in [0.1, 0.15) is 42.5 Å². The Kier molecular flexibility index (Phi) is 5.60. The van der Waals surface area contributed by atoms with Crippen molar-refractivity contribution in [1.82, 2.24) is 9.80 Å². The van der Waals surface area contributed by atoms with Crippen LogP contribution in [0.15, 0.2) is 48.5 Å². The molecule has 0 bridgehead atoms. The van der Waals surface area contributed by atoms with Gasteiger partial charge in [0.2, 0.25) is 0 Å². The van der Waals surface area contributed by atoms with Gasteiger partial charge in [0.25, 0.3) is 0 Å². The van der Waals surface area contributed by atoms with Crippen molar-refractivity contribution < 1.29 is 0 Å². The fourth-order valence-corrected chi connectivity index (χ4v) is 3.72. The summed E-state index contributed by atoms with van der Waals surface area (Å²) in [5, 5.41) is 0.806. The zero-order chi connectivity index (χ0) is 17.1. The first-order chi connectivity index (χ1) is 11.5. The summed E-state index contributed by atoms with van der Waals surface area (Å²) < 4.78 is 0. The lowest BCUT2D eigenvalue weighted by atomic mass is 9.91. The molecule has 0 aromatic heterocycles. The minimum absolute atomic E-state index is 0.463. The summed E-state index contributed by atoms with van der Waals surface area (Å²) in [6, 6.07) is 17.6. The van der Waals surface area contributed by atoms with Crippen molar-refractivity contribution >= 4 is 11.6 Å². The Labute approximate surface area is 151 Å². The lowest BCUT2D eigenvalue weighted by molar-refractivity contribution is 0.0899. The zero-order valence-electron chi connectivity index (χ0n) is 14.9. The highest BCUT2D eigenvalue weighted by molar-refractivity contribution is 6.30. The second-order valence-corrected chi connectivity index (χ2v) is 7.58. The van der Waals surface area contributed by atoms with Crippen LogP contribution in [-0.2, 0) is 6.54 Å². The van der Waals surface area contributed by atoms with Gasteiger partial charge in [0.05, 0.1) is 0 Å². The zero-order valence-corrected chi connectivity index (χ0v) is 15.6. The first-order valence-electron chi connectivity index (χ1n) is 8.80.